The first-order valence-corrected chi connectivity index (χ1v) is 10.6. The molecule has 28 heavy (non-hydrogen) atoms. The minimum absolute atomic E-state index is 0.306. The van der Waals surface area contributed by atoms with E-state index in [-0.39, 0.29) is 0 Å². The quantitative estimate of drug-likeness (QED) is 0.519. The number of piperidine rings is 1. The highest BCUT2D eigenvalue weighted by Crippen LogP contribution is 2.44. The van der Waals surface area contributed by atoms with Crippen LogP contribution < -0.4 is 14.4 Å². The van der Waals surface area contributed by atoms with Crippen LogP contribution in [0.5, 0.6) is 11.5 Å². The Morgan fingerprint density at radius 2 is 1.96 bits per heavy atom. The van der Waals surface area contributed by atoms with Crippen molar-refractivity contribution >= 4 is 39.0 Å². The Labute approximate surface area is 174 Å². The second-order valence-corrected chi connectivity index (χ2v) is 8.83. The summed E-state index contributed by atoms with van der Waals surface area (Å²) in [5, 5.41) is 1.38. The molecule has 7 heteroatoms. The van der Waals surface area contributed by atoms with Crippen molar-refractivity contribution in [2.45, 2.75) is 26.7 Å². The van der Waals surface area contributed by atoms with Crippen LogP contribution in [-0.2, 0) is 0 Å². The van der Waals surface area contributed by atoms with Crippen molar-refractivity contribution in [1.82, 2.24) is 9.97 Å². The lowest BCUT2D eigenvalue weighted by Crippen LogP contribution is -2.35. The smallest absolute Gasteiger partial charge is 0.225 e. The minimum atomic E-state index is 0.306. The third kappa shape index (κ3) is 3.40. The number of hydrogen-bond donors (Lipinski definition) is 0. The molecule has 5 nitrogen and oxygen atoms in total. The van der Waals surface area contributed by atoms with E-state index in [0.29, 0.717) is 22.7 Å². The van der Waals surface area contributed by atoms with Gasteiger partial charge in [0.1, 0.15) is 10.6 Å². The van der Waals surface area contributed by atoms with E-state index in [1.165, 1.54) is 17.7 Å². The number of anilines is 1. The lowest BCUT2D eigenvalue weighted by Gasteiger charge is -2.32. The molecule has 0 spiro atoms. The first kappa shape index (κ1) is 19.3. The van der Waals surface area contributed by atoms with Crippen LogP contribution in [0.4, 0.5) is 5.82 Å². The number of hydrogen-bond acceptors (Lipinski definition) is 6. The Morgan fingerprint density at radius 1 is 1.18 bits per heavy atom. The van der Waals surface area contributed by atoms with E-state index in [4.69, 9.17) is 21.1 Å². The summed E-state index contributed by atoms with van der Waals surface area (Å²) in [5.41, 5.74) is 2.21. The van der Waals surface area contributed by atoms with Gasteiger partial charge in [-0.25, -0.2) is 4.98 Å². The van der Waals surface area contributed by atoms with Crippen LogP contribution in [-0.4, -0.2) is 37.3 Å². The van der Waals surface area contributed by atoms with Crippen LogP contribution in [0.25, 0.3) is 21.3 Å². The number of fused-ring (bicyclic) bond motifs is 1. The number of rotatable bonds is 4. The average Bonchev–Trinajstić information content (AvgIpc) is 3.02. The maximum atomic E-state index is 6.30. The zero-order valence-electron chi connectivity index (χ0n) is 16.6. The number of ether oxygens (including phenoxy) is 2. The third-order valence-corrected chi connectivity index (χ3v) is 6.48. The van der Waals surface area contributed by atoms with Gasteiger partial charge in [-0.2, -0.15) is 4.98 Å². The summed E-state index contributed by atoms with van der Waals surface area (Å²) < 4.78 is 10.9. The van der Waals surface area contributed by atoms with Gasteiger partial charge in [-0.1, -0.05) is 13.0 Å². The molecule has 0 radical (unpaired) electrons. The highest BCUT2D eigenvalue weighted by Gasteiger charge is 2.25. The Bertz CT molecular complexity index is 1020. The van der Waals surface area contributed by atoms with E-state index in [1.807, 2.05) is 12.1 Å². The first-order chi connectivity index (χ1) is 13.5. The zero-order chi connectivity index (χ0) is 19.8. The number of aryl methyl sites for hydroxylation is 1. The molecular formula is C21H24ClN3O2S. The number of thiophene rings is 1. The zero-order valence-corrected chi connectivity index (χ0v) is 18.2. The maximum Gasteiger partial charge on any atom is 0.225 e. The van der Waals surface area contributed by atoms with E-state index in [2.05, 4.69) is 34.8 Å². The van der Waals surface area contributed by atoms with Crippen LogP contribution in [0.15, 0.2) is 18.2 Å². The first-order valence-electron chi connectivity index (χ1n) is 9.45. The van der Waals surface area contributed by atoms with Crippen LogP contribution in [0.2, 0.25) is 5.28 Å². The predicted molar refractivity (Wildman–Crippen MR) is 116 cm³/mol. The van der Waals surface area contributed by atoms with Crippen molar-refractivity contribution in [2.75, 3.05) is 32.2 Å². The van der Waals surface area contributed by atoms with Gasteiger partial charge in [-0.15, -0.1) is 11.3 Å². The number of halogens is 1. The van der Waals surface area contributed by atoms with Crippen LogP contribution in [0.1, 0.15) is 24.6 Å². The normalized spacial score (nSPS) is 17.2. The molecule has 0 saturated carbocycles. The van der Waals surface area contributed by atoms with Gasteiger partial charge in [0, 0.05) is 23.5 Å². The number of methoxy groups -OCH3 is 2. The molecule has 0 amide bonds. The molecule has 1 aromatic carbocycles. The summed E-state index contributed by atoms with van der Waals surface area (Å²) >= 11 is 7.95. The summed E-state index contributed by atoms with van der Waals surface area (Å²) in [6.07, 6.45) is 2.42. The van der Waals surface area contributed by atoms with Crippen LogP contribution >= 0.6 is 22.9 Å². The summed E-state index contributed by atoms with van der Waals surface area (Å²) in [4.78, 5) is 13.7. The molecule has 1 fully saturated rings. The van der Waals surface area contributed by atoms with E-state index in [1.54, 1.807) is 25.6 Å². The van der Waals surface area contributed by atoms with E-state index < -0.39 is 0 Å². The topological polar surface area (TPSA) is 47.5 Å². The summed E-state index contributed by atoms with van der Waals surface area (Å²) in [5.74, 6) is 3.01. The number of benzene rings is 1. The molecule has 1 saturated heterocycles. The number of nitrogens with zero attached hydrogens (tertiary/aromatic N) is 3. The SMILES string of the molecule is COc1ccc(-c2c(C)sc3nc(Cl)nc(N4CCCC(C)C4)c23)cc1OC. The Kier molecular flexibility index (Phi) is 5.34. The van der Waals surface area contributed by atoms with Gasteiger partial charge in [0.05, 0.1) is 19.6 Å². The van der Waals surface area contributed by atoms with Gasteiger partial charge >= 0.3 is 0 Å². The number of aromatic nitrogens is 2. The second-order valence-electron chi connectivity index (χ2n) is 7.29. The van der Waals surface area contributed by atoms with Crippen molar-refractivity contribution in [3.8, 4) is 22.6 Å². The summed E-state index contributed by atoms with van der Waals surface area (Å²) in [6.45, 7) is 6.39. The summed E-state index contributed by atoms with van der Waals surface area (Å²) in [7, 11) is 3.30. The van der Waals surface area contributed by atoms with Gasteiger partial charge < -0.3 is 14.4 Å². The molecule has 1 aliphatic heterocycles. The standard InChI is InChI=1S/C21H24ClN3O2S/c1-12-6-5-9-25(11-12)19-18-17(13(2)28-20(18)24-21(22)23-19)14-7-8-15(26-3)16(10-14)27-4/h7-8,10,12H,5-6,9,11H2,1-4H3. The Morgan fingerprint density at radius 3 is 2.68 bits per heavy atom. The lowest BCUT2D eigenvalue weighted by atomic mass is 9.99. The predicted octanol–water partition coefficient (Wildman–Crippen LogP) is 5.57. The minimum Gasteiger partial charge on any atom is -0.493 e. The van der Waals surface area contributed by atoms with Crippen molar-refractivity contribution in [3.63, 3.8) is 0 Å². The molecule has 3 aromatic rings. The molecule has 1 unspecified atom stereocenters. The Hall–Kier alpha value is -2.05. The van der Waals surface area contributed by atoms with Gasteiger partial charge in [0.15, 0.2) is 11.5 Å². The molecule has 4 rings (SSSR count). The molecule has 148 valence electrons. The van der Waals surface area contributed by atoms with Crippen LogP contribution in [0.3, 0.4) is 0 Å². The second kappa shape index (κ2) is 7.76. The van der Waals surface area contributed by atoms with E-state index >= 15 is 0 Å². The van der Waals surface area contributed by atoms with Crippen molar-refractivity contribution in [3.05, 3.63) is 28.4 Å². The summed E-state index contributed by atoms with van der Waals surface area (Å²) in [6, 6.07) is 6.02. The molecule has 0 aliphatic carbocycles. The van der Waals surface area contributed by atoms with Gasteiger partial charge in [0.25, 0.3) is 0 Å². The Balaban J connectivity index is 1.93. The fourth-order valence-corrected chi connectivity index (χ4v) is 5.27. The maximum absolute atomic E-state index is 6.30. The molecule has 3 heterocycles. The van der Waals surface area contributed by atoms with Gasteiger partial charge in [-0.3, -0.25) is 0 Å². The molecule has 1 atom stereocenters. The molecule has 0 bridgehead atoms. The van der Waals surface area contributed by atoms with Crippen LogP contribution in [0, 0.1) is 12.8 Å². The lowest BCUT2D eigenvalue weighted by molar-refractivity contribution is 0.355. The third-order valence-electron chi connectivity index (χ3n) is 5.31. The molecule has 2 aromatic heterocycles. The fourth-order valence-electron chi connectivity index (χ4n) is 4.02. The van der Waals surface area contributed by atoms with Gasteiger partial charge in [-0.05, 0) is 55.0 Å². The van der Waals surface area contributed by atoms with Gasteiger partial charge in [0.2, 0.25) is 5.28 Å². The highest BCUT2D eigenvalue weighted by molar-refractivity contribution is 7.19. The van der Waals surface area contributed by atoms with Crippen molar-refractivity contribution in [1.29, 1.82) is 0 Å². The fraction of sp³-hybridized carbons (Fsp3) is 0.429. The largest absolute Gasteiger partial charge is 0.493 e. The molecule has 1 aliphatic rings. The van der Waals surface area contributed by atoms with Crippen molar-refractivity contribution in [2.24, 2.45) is 5.92 Å². The average molecular weight is 418 g/mol. The van der Waals surface area contributed by atoms with E-state index in [0.717, 1.165) is 40.3 Å². The molecule has 0 N–H and O–H groups in total. The van der Waals surface area contributed by atoms with E-state index in [9.17, 15) is 0 Å². The monoisotopic (exact) mass is 417 g/mol. The van der Waals surface area contributed by atoms with Crippen molar-refractivity contribution < 1.29 is 9.47 Å². The molecular weight excluding hydrogens is 394 g/mol. The highest BCUT2D eigenvalue weighted by atomic mass is 35.5.